The fourth-order valence-electron chi connectivity index (χ4n) is 0.906. The van der Waals surface area contributed by atoms with Gasteiger partial charge in [-0.05, 0) is 6.26 Å². The average molecular weight is 187 g/mol. The van der Waals surface area contributed by atoms with Gasteiger partial charge in [0.05, 0.1) is 18.6 Å². The van der Waals surface area contributed by atoms with Crippen molar-refractivity contribution in [2.45, 2.75) is 5.25 Å². The monoisotopic (exact) mass is 187 g/mol. The summed E-state index contributed by atoms with van der Waals surface area (Å²) in [4.78, 5) is 7.18. The molecule has 4 nitrogen and oxygen atoms in total. The van der Waals surface area contributed by atoms with Crippen LogP contribution in [0, 0.1) is 0 Å². The van der Waals surface area contributed by atoms with E-state index in [1.54, 1.807) is 25.1 Å². The number of nitrogens with one attached hydrogen (secondary N) is 1. The summed E-state index contributed by atoms with van der Waals surface area (Å²) in [6, 6.07) is 0. The van der Waals surface area contributed by atoms with Crippen LogP contribution in [-0.4, -0.2) is 29.9 Å². The van der Waals surface area contributed by atoms with E-state index in [-0.39, 0.29) is 5.25 Å². The molecule has 3 N–H and O–H groups in total. The first-order chi connectivity index (χ1) is 5.81. The number of thioether (sulfide) groups is 1. The predicted octanol–water partition coefficient (Wildman–Crippen LogP) is 0.781. The van der Waals surface area contributed by atoms with Crippen molar-refractivity contribution in [3.05, 3.63) is 12.0 Å². The predicted molar refractivity (Wildman–Crippen MR) is 50.5 cm³/mol. The van der Waals surface area contributed by atoms with Gasteiger partial charge in [-0.25, -0.2) is 4.98 Å². The fourth-order valence-corrected chi connectivity index (χ4v) is 1.44. The van der Waals surface area contributed by atoms with Gasteiger partial charge in [0.25, 0.3) is 0 Å². The van der Waals surface area contributed by atoms with Crippen LogP contribution in [-0.2, 0) is 0 Å². The number of nitrogens with two attached hydrogens (primary N) is 1. The average Bonchev–Trinajstić information content (AvgIpc) is 2.55. The lowest BCUT2D eigenvalue weighted by Gasteiger charge is -2.06. The standard InChI is InChI=1S/C7H13N3OS/c1-11-6-4-9-7(10-6)5(3-8)12-2/h4-5H,3,8H2,1-2H3,(H,9,10). The molecule has 0 aliphatic carbocycles. The molecular formula is C7H13N3OS. The summed E-state index contributed by atoms with van der Waals surface area (Å²) in [6.07, 6.45) is 3.67. The second-order valence-corrected chi connectivity index (χ2v) is 3.34. The van der Waals surface area contributed by atoms with Crippen LogP contribution >= 0.6 is 11.8 Å². The highest BCUT2D eigenvalue weighted by Gasteiger charge is 2.11. The number of aromatic nitrogens is 2. The minimum absolute atomic E-state index is 0.230. The molecule has 0 spiro atoms. The molecule has 0 amide bonds. The van der Waals surface area contributed by atoms with E-state index in [2.05, 4.69) is 9.97 Å². The van der Waals surface area contributed by atoms with Gasteiger partial charge in [0.2, 0.25) is 5.88 Å². The van der Waals surface area contributed by atoms with Crippen molar-refractivity contribution in [2.75, 3.05) is 19.9 Å². The molecule has 1 aromatic rings. The summed E-state index contributed by atoms with van der Waals surface area (Å²) in [5.74, 6) is 1.55. The Morgan fingerprint density at radius 1 is 1.83 bits per heavy atom. The third-order valence-corrected chi connectivity index (χ3v) is 2.58. The molecule has 0 aliphatic heterocycles. The maximum absolute atomic E-state index is 5.54. The highest BCUT2D eigenvalue weighted by Crippen LogP contribution is 2.23. The zero-order chi connectivity index (χ0) is 8.97. The number of hydrogen-bond acceptors (Lipinski definition) is 4. The topological polar surface area (TPSA) is 63.9 Å². The molecule has 1 unspecified atom stereocenters. The molecule has 1 heterocycles. The van der Waals surface area contributed by atoms with Crippen LogP contribution in [0.15, 0.2) is 6.20 Å². The summed E-state index contributed by atoms with van der Waals surface area (Å²) < 4.78 is 4.97. The number of hydrogen-bond donors (Lipinski definition) is 2. The zero-order valence-electron chi connectivity index (χ0n) is 7.20. The van der Waals surface area contributed by atoms with Gasteiger partial charge in [0, 0.05) is 6.54 Å². The Hall–Kier alpha value is -0.680. The Kier molecular flexibility index (Phi) is 3.43. The van der Waals surface area contributed by atoms with Gasteiger partial charge in [-0.2, -0.15) is 11.8 Å². The quantitative estimate of drug-likeness (QED) is 0.731. The van der Waals surface area contributed by atoms with Crippen molar-refractivity contribution in [3.63, 3.8) is 0 Å². The first kappa shape index (κ1) is 9.41. The van der Waals surface area contributed by atoms with E-state index in [0.29, 0.717) is 12.4 Å². The molecular weight excluding hydrogens is 174 g/mol. The minimum Gasteiger partial charge on any atom is -0.481 e. The third kappa shape index (κ3) is 1.92. The number of ether oxygens (including phenoxy) is 1. The molecule has 12 heavy (non-hydrogen) atoms. The van der Waals surface area contributed by atoms with Crippen LogP contribution in [0.2, 0.25) is 0 Å². The maximum Gasteiger partial charge on any atom is 0.210 e. The molecule has 0 saturated heterocycles. The summed E-state index contributed by atoms with van der Waals surface area (Å²) in [5.41, 5.74) is 5.54. The lowest BCUT2D eigenvalue weighted by Crippen LogP contribution is -2.10. The SMILES string of the molecule is COc1cnc(C(CN)SC)[nH]1. The molecule has 1 aromatic heterocycles. The van der Waals surface area contributed by atoms with Crippen molar-refractivity contribution >= 4 is 11.8 Å². The van der Waals surface area contributed by atoms with Gasteiger partial charge in [-0.15, -0.1) is 0 Å². The number of imidazole rings is 1. The first-order valence-corrected chi connectivity index (χ1v) is 4.92. The summed E-state index contributed by atoms with van der Waals surface area (Å²) in [6.45, 7) is 0.581. The first-order valence-electron chi connectivity index (χ1n) is 3.63. The number of aromatic amines is 1. The molecule has 0 bridgehead atoms. The Balaban J connectivity index is 2.72. The van der Waals surface area contributed by atoms with Gasteiger partial charge in [0.1, 0.15) is 5.82 Å². The third-order valence-electron chi connectivity index (χ3n) is 1.60. The molecule has 5 heteroatoms. The smallest absolute Gasteiger partial charge is 0.210 e. The zero-order valence-corrected chi connectivity index (χ0v) is 8.02. The molecule has 0 fully saturated rings. The lowest BCUT2D eigenvalue weighted by atomic mass is 10.4. The number of nitrogens with zero attached hydrogens (tertiary/aromatic N) is 1. The van der Waals surface area contributed by atoms with Gasteiger partial charge >= 0.3 is 0 Å². The van der Waals surface area contributed by atoms with Crippen LogP contribution in [0.4, 0.5) is 0 Å². The molecule has 0 radical (unpaired) electrons. The minimum atomic E-state index is 0.230. The van der Waals surface area contributed by atoms with Crippen LogP contribution < -0.4 is 10.5 Å². The van der Waals surface area contributed by atoms with Crippen LogP contribution in [0.5, 0.6) is 5.88 Å². The second kappa shape index (κ2) is 4.37. The van der Waals surface area contributed by atoms with E-state index in [9.17, 15) is 0 Å². The van der Waals surface area contributed by atoms with Crippen molar-refractivity contribution in [1.29, 1.82) is 0 Å². The summed E-state index contributed by atoms with van der Waals surface area (Å²) in [5, 5.41) is 0.230. The molecule has 1 rings (SSSR count). The maximum atomic E-state index is 5.54. The lowest BCUT2D eigenvalue weighted by molar-refractivity contribution is 0.399. The van der Waals surface area contributed by atoms with E-state index in [4.69, 9.17) is 10.5 Å². The number of methoxy groups -OCH3 is 1. The number of rotatable bonds is 4. The molecule has 0 saturated carbocycles. The van der Waals surface area contributed by atoms with Crippen molar-refractivity contribution in [1.82, 2.24) is 9.97 Å². The van der Waals surface area contributed by atoms with Crippen LogP contribution in [0.3, 0.4) is 0 Å². The summed E-state index contributed by atoms with van der Waals surface area (Å²) in [7, 11) is 1.60. The van der Waals surface area contributed by atoms with E-state index in [1.165, 1.54) is 0 Å². The molecule has 1 atom stereocenters. The molecule has 0 aromatic carbocycles. The van der Waals surface area contributed by atoms with Crippen molar-refractivity contribution < 1.29 is 4.74 Å². The highest BCUT2D eigenvalue weighted by molar-refractivity contribution is 7.98. The highest BCUT2D eigenvalue weighted by atomic mass is 32.2. The van der Waals surface area contributed by atoms with Crippen molar-refractivity contribution in [3.8, 4) is 5.88 Å². The Bertz CT molecular complexity index is 234. The normalized spacial score (nSPS) is 12.9. The molecule has 0 aliphatic rings. The molecule has 68 valence electrons. The van der Waals surface area contributed by atoms with Gasteiger partial charge in [-0.3, -0.25) is 0 Å². The Morgan fingerprint density at radius 3 is 3.00 bits per heavy atom. The van der Waals surface area contributed by atoms with Crippen LogP contribution in [0.25, 0.3) is 0 Å². The van der Waals surface area contributed by atoms with E-state index >= 15 is 0 Å². The van der Waals surface area contributed by atoms with Crippen molar-refractivity contribution in [2.24, 2.45) is 5.73 Å². The second-order valence-electron chi connectivity index (χ2n) is 2.30. The Labute approximate surface area is 75.9 Å². The Morgan fingerprint density at radius 2 is 2.58 bits per heavy atom. The van der Waals surface area contributed by atoms with Gasteiger partial charge < -0.3 is 15.5 Å². The summed E-state index contributed by atoms with van der Waals surface area (Å²) >= 11 is 1.67. The number of H-pyrrole nitrogens is 1. The van der Waals surface area contributed by atoms with Gasteiger partial charge in [0.15, 0.2) is 0 Å². The van der Waals surface area contributed by atoms with Gasteiger partial charge in [-0.1, -0.05) is 0 Å². The van der Waals surface area contributed by atoms with E-state index < -0.39 is 0 Å². The van der Waals surface area contributed by atoms with E-state index in [0.717, 1.165) is 5.82 Å². The van der Waals surface area contributed by atoms with E-state index in [1.807, 2.05) is 6.26 Å². The van der Waals surface area contributed by atoms with Crippen LogP contribution in [0.1, 0.15) is 11.1 Å². The largest absolute Gasteiger partial charge is 0.481 e. The fraction of sp³-hybridized carbons (Fsp3) is 0.571.